The molecule has 4 nitrogen and oxygen atoms in total. The van der Waals surface area contributed by atoms with E-state index in [9.17, 15) is 9.90 Å². The van der Waals surface area contributed by atoms with Crippen molar-refractivity contribution in [1.29, 1.82) is 0 Å². The van der Waals surface area contributed by atoms with Crippen molar-refractivity contribution in [2.24, 2.45) is 0 Å². The fourth-order valence-corrected chi connectivity index (χ4v) is 2.68. The molecule has 2 aromatic rings. The van der Waals surface area contributed by atoms with E-state index < -0.39 is 6.10 Å². The molecule has 0 radical (unpaired) electrons. The third-order valence-electron chi connectivity index (χ3n) is 3.72. The van der Waals surface area contributed by atoms with Crippen LogP contribution in [0.2, 0.25) is 0 Å². The van der Waals surface area contributed by atoms with Crippen molar-refractivity contribution in [1.82, 2.24) is 10.3 Å². The molecule has 1 aliphatic carbocycles. The highest BCUT2D eigenvalue weighted by molar-refractivity contribution is 5.94. The Hall–Kier alpha value is -2.20. The molecule has 20 heavy (non-hydrogen) atoms. The fraction of sp³-hybridized carbons (Fsp3) is 0.250. The minimum absolute atomic E-state index is 0.246. The van der Waals surface area contributed by atoms with Gasteiger partial charge in [0.15, 0.2) is 0 Å². The summed E-state index contributed by atoms with van der Waals surface area (Å²) in [7, 11) is 0. The van der Waals surface area contributed by atoms with Crippen molar-refractivity contribution >= 4 is 5.91 Å². The number of aromatic nitrogens is 1. The molecule has 0 saturated carbocycles. The van der Waals surface area contributed by atoms with E-state index in [4.69, 9.17) is 0 Å². The van der Waals surface area contributed by atoms with Crippen LogP contribution in [0.1, 0.15) is 33.2 Å². The number of fused-ring (bicyclic) bond motifs is 1. The van der Waals surface area contributed by atoms with Gasteiger partial charge in [0.25, 0.3) is 5.91 Å². The monoisotopic (exact) mass is 268 g/mol. The molecule has 2 atom stereocenters. The van der Waals surface area contributed by atoms with Crippen LogP contribution in [-0.2, 0) is 6.42 Å². The maximum absolute atomic E-state index is 12.3. The Morgan fingerprint density at radius 2 is 2.10 bits per heavy atom. The molecule has 2 N–H and O–H groups in total. The summed E-state index contributed by atoms with van der Waals surface area (Å²) in [6.07, 6.45) is 1.59. The van der Waals surface area contributed by atoms with Gasteiger partial charge in [0.2, 0.25) is 0 Å². The van der Waals surface area contributed by atoms with E-state index in [0.717, 1.165) is 16.7 Å². The molecular weight excluding hydrogens is 252 g/mol. The number of aliphatic hydroxyl groups excluding tert-OH is 1. The van der Waals surface area contributed by atoms with Crippen LogP contribution in [0.5, 0.6) is 0 Å². The predicted octanol–water partition coefficient (Wildman–Crippen LogP) is 1.78. The minimum atomic E-state index is -0.583. The molecule has 1 aliphatic rings. The first-order chi connectivity index (χ1) is 9.66. The van der Waals surface area contributed by atoms with Gasteiger partial charge in [-0.1, -0.05) is 30.3 Å². The van der Waals surface area contributed by atoms with Crippen LogP contribution >= 0.6 is 0 Å². The number of rotatable bonds is 2. The molecule has 1 aromatic heterocycles. The molecule has 0 fully saturated rings. The van der Waals surface area contributed by atoms with Gasteiger partial charge in [-0.25, -0.2) is 0 Å². The number of amides is 1. The van der Waals surface area contributed by atoms with E-state index in [0.29, 0.717) is 12.1 Å². The topological polar surface area (TPSA) is 62.2 Å². The zero-order chi connectivity index (χ0) is 14.1. The number of carbonyl (C=O) groups is 1. The average molecular weight is 268 g/mol. The molecule has 1 amide bonds. The molecule has 102 valence electrons. The third-order valence-corrected chi connectivity index (χ3v) is 3.72. The van der Waals surface area contributed by atoms with Crippen molar-refractivity contribution in [3.05, 3.63) is 65.0 Å². The quantitative estimate of drug-likeness (QED) is 0.872. The molecule has 0 unspecified atom stereocenters. The summed E-state index contributed by atoms with van der Waals surface area (Å²) in [5.74, 6) is -0.246. The minimum Gasteiger partial charge on any atom is -0.390 e. The van der Waals surface area contributed by atoms with Crippen LogP contribution in [0.25, 0.3) is 0 Å². The lowest BCUT2D eigenvalue weighted by Crippen LogP contribution is -2.34. The van der Waals surface area contributed by atoms with Gasteiger partial charge < -0.3 is 10.4 Å². The number of nitrogens with zero attached hydrogens (tertiary/aromatic N) is 1. The SMILES string of the molecule is Cc1cccnc1C(=O)N[C@H]1c2ccccc2C[C@H]1O. The molecular formula is C16H16N2O2. The first kappa shape index (κ1) is 12.8. The van der Waals surface area contributed by atoms with E-state index >= 15 is 0 Å². The van der Waals surface area contributed by atoms with Crippen molar-refractivity contribution in [3.8, 4) is 0 Å². The first-order valence-electron chi connectivity index (χ1n) is 6.65. The number of hydrogen-bond donors (Lipinski definition) is 2. The highest BCUT2D eigenvalue weighted by Gasteiger charge is 2.32. The molecule has 1 aromatic carbocycles. The van der Waals surface area contributed by atoms with Crippen molar-refractivity contribution < 1.29 is 9.90 Å². The van der Waals surface area contributed by atoms with Gasteiger partial charge in [-0.3, -0.25) is 9.78 Å². The number of hydrogen-bond acceptors (Lipinski definition) is 3. The third kappa shape index (κ3) is 2.18. The van der Waals surface area contributed by atoms with E-state index in [1.165, 1.54) is 0 Å². The lowest BCUT2D eigenvalue weighted by Gasteiger charge is -2.18. The first-order valence-corrected chi connectivity index (χ1v) is 6.65. The Balaban J connectivity index is 1.85. The summed E-state index contributed by atoms with van der Waals surface area (Å²) in [6.45, 7) is 1.85. The van der Waals surface area contributed by atoms with Crippen molar-refractivity contribution in [2.45, 2.75) is 25.5 Å². The number of pyridine rings is 1. The fourth-order valence-electron chi connectivity index (χ4n) is 2.68. The van der Waals surface area contributed by atoms with Gasteiger partial charge in [-0.2, -0.15) is 0 Å². The van der Waals surface area contributed by atoms with Crippen LogP contribution in [0.15, 0.2) is 42.6 Å². The van der Waals surface area contributed by atoms with Gasteiger partial charge in [0.05, 0.1) is 12.1 Å². The second kappa shape index (κ2) is 5.06. The lowest BCUT2D eigenvalue weighted by atomic mass is 10.1. The maximum atomic E-state index is 12.3. The molecule has 4 heteroatoms. The molecule has 0 saturated heterocycles. The maximum Gasteiger partial charge on any atom is 0.270 e. The smallest absolute Gasteiger partial charge is 0.270 e. The highest BCUT2D eigenvalue weighted by Crippen LogP contribution is 2.31. The van der Waals surface area contributed by atoms with Crippen LogP contribution in [-0.4, -0.2) is 22.1 Å². The molecule has 3 rings (SSSR count). The highest BCUT2D eigenvalue weighted by atomic mass is 16.3. The summed E-state index contributed by atoms with van der Waals surface area (Å²) < 4.78 is 0. The van der Waals surface area contributed by atoms with Gasteiger partial charge in [-0.05, 0) is 29.7 Å². The molecule has 1 heterocycles. The summed E-state index contributed by atoms with van der Waals surface area (Å²) in [6, 6.07) is 11.1. The van der Waals surface area contributed by atoms with Crippen molar-refractivity contribution in [2.75, 3.05) is 0 Å². The van der Waals surface area contributed by atoms with Crippen LogP contribution in [0.4, 0.5) is 0 Å². The summed E-state index contributed by atoms with van der Waals surface area (Å²) >= 11 is 0. The van der Waals surface area contributed by atoms with Crippen molar-refractivity contribution in [3.63, 3.8) is 0 Å². The Labute approximate surface area is 117 Å². The van der Waals surface area contributed by atoms with E-state index in [1.807, 2.05) is 37.3 Å². The number of aliphatic hydroxyl groups is 1. The normalized spacial score (nSPS) is 20.5. The zero-order valence-electron chi connectivity index (χ0n) is 11.2. The Morgan fingerprint density at radius 3 is 2.90 bits per heavy atom. The molecule has 0 aliphatic heterocycles. The second-order valence-corrected chi connectivity index (χ2v) is 5.09. The zero-order valence-corrected chi connectivity index (χ0v) is 11.2. The molecule has 0 bridgehead atoms. The summed E-state index contributed by atoms with van der Waals surface area (Å²) in [5, 5.41) is 13.0. The number of benzene rings is 1. The largest absolute Gasteiger partial charge is 0.390 e. The number of carbonyl (C=O) groups excluding carboxylic acids is 1. The Morgan fingerprint density at radius 1 is 1.30 bits per heavy atom. The van der Waals surface area contributed by atoms with Gasteiger partial charge in [0, 0.05) is 12.6 Å². The van der Waals surface area contributed by atoms with E-state index in [1.54, 1.807) is 12.3 Å². The predicted molar refractivity (Wildman–Crippen MR) is 75.3 cm³/mol. The average Bonchev–Trinajstić information content (AvgIpc) is 2.76. The summed E-state index contributed by atoms with van der Waals surface area (Å²) in [4.78, 5) is 16.4. The Bertz CT molecular complexity index is 654. The Kier molecular flexibility index (Phi) is 3.24. The van der Waals surface area contributed by atoms with Gasteiger partial charge in [-0.15, -0.1) is 0 Å². The van der Waals surface area contributed by atoms with Gasteiger partial charge in [0.1, 0.15) is 5.69 Å². The van der Waals surface area contributed by atoms with E-state index in [2.05, 4.69) is 10.3 Å². The van der Waals surface area contributed by atoms with Crippen LogP contribution in [0, 0.1) is 6.92 Å². The van der Waals surface area contributed by atoms with Crippen LogP contribution < -0.4 is 5.32 Å². The van der Waals surface area contributed by atoms with Crippen LogP contribution in [0.3, 0.4) is 0 Å². The molecule has 0 spiro atoms. The van der Waals surface area contributed by atoms with Gasteiger partial charge >= 0.3 is 0 Å². The number of nitrogens with one attached hydrogen (secondary N) is 1. The second-order valence-electron chi connectivity index (χ2n) is 5.09. The summed E-state index contributed by atoms with van der Waals surface area (Å²) in [5.41, 5.74) is 3.31. The van der Waals surface area contributed by atoms with E-state index in [-0.39, 0.29) is 11.9 Å². The number of aryl methyl sites for hydroxylation is 1. The lowest BCUT2D eigenvalue weighted by molar-refractivity contribution is 0.0852. The standard InChI is InChI=1S/C16H16N2O2/c1-10-5-4-8-17-14(10)16(20)18-15-12-7-3-2-6-11(12)9-13(15)19/h2-8,13,15,19H,9H2,1H3,(H,18,20)/t13-,15+/m1/s1.